The van der Waals surface area contributed by atoms with Crippen LogP contribution in [0.1, 0.15) is 29.5 Å². The van der Waals surface area contributed by atoms with Crippen molar-refractivity contribution in [2.24, 2.45) is 0 Å². The lowest BCUT2D eigenvalue weighted by atomic mass is 9.91. The number of carbonyl (C=O) groups excluding carboxylic acids is 1. The van der Waals surface area contributed by atoms with E-state index in [0.29, 0.717) is 24.1 Å². The lowest BCUT2D eigenvalue weighted by Gasteiger charge is -2.35. The molecule has 12 heteroatoms. The first-order valence-corrected chi connectivity index (χ1v) is 10.2. The molecule has 34 heavy (non-hydrogen) atoms. The maximum absolute atomic E-state index is 12.8. The second-order valence-corrected chi connectivity index (χ2v) is 7.91. The fourth-order valence-corrected chi connectivity index (χ4v) is 3.69. The first-order chi connectivity index (χ1) is 15.9. The van der Waals surface area contributed by atoms with Crippen LogP contribution in [-0.2, 0) is 22.0 Å². The molecule has 1 fully saturated rings. The van der Waals surface area contributed by atoms with Crippen molar-refractivity contribution in [1.82, 2.24) is 10.5 Å². The minimum Gasteiger partial charge on any atom is -0.351 e. The van der Waals surface area contributed by atoms with Gasteiger partial charge < -0.3 is 4.84 Å². The van der Waals surface area contributed by atoms with E-state index in [1.54, 1.807) is 6.08 Å². The van der Waals surface area contributed by atoms with Gasteiger partial charge in [0.2, 0.25) is 0 Å². The van der Waals surface area contributed by atoms with Gasteiger partial charge in [-0.3, -0.25) is 15.6 Å². The third kappa shape index (κ3) is 5.45. The number of rotatable bonds is 3. The van der Waals surface area contributed by atoms with Gasteiger partial charge in [0.05, 0.1) is 16.8 Å². The van der Waals surface area contributed by atoms with Crippen LogP contribution in [0.25, 0.3) is 5.70 Å². The van der Waals surface area contributed by atoms with Crippen molar-refractivity contribution >= 4 is 17.5 Å². The monoisotopic (exact) mass is 487 g/mol. The number of benzene rings is 2. The molecule has 1 spiro atoms. The van der Waals surface area contributed by atoms with Gasteiger partial charge >= 0.3 is 18.4 Å². The summed E-state index contributed by atoms with van der Waals surface area (Å²) in [6.45, 7) is 0.545. The van der Waals surface area contributed by atoms with Gasteiger partial charge in [-0.1, -0.05) is 18.2 Å². The fraction of sp³-hybridized carbons (Fsp3) is 0.318. The number of hydrogen-bond donors (Lipinski definition) is 2. The molecule has 0 unspecified atom stereocenters. The van der Waals surface area contributed by atoms with Gasteiger partial charge in [-0.25, -0.2) is 4.79 Å². The summed E-state index contributed by atoms with van der Waals surface area (Å²) < 4.78 is 76.7. The van der Waals surface area contributed by atoms with E-state index < -0.39 is 35.2 Å². The van der Waals surface area contributed by atoms with Crippen LogP contribution >= 0.6 is 0 Å². The standard InChI is InChI=1S/C22H19F6N3O3/c23-21(24,25)15-6-4-14(5-7-15)18-13-20(34-30-18)8-10-31(11-9-20)33-19(32)29-17-3-1-2-16(12-17)22(26,27)28/h1-7,12-13,30H,8-11H2,(H,29,32). The molecular formula is C22H19F6N3O3. The number of carbonyl (C=O) groups is 1. The summed E-state index contributed by atoms with van der Waals surface area (Å²) in [7, 11) is 0. The van der Waals surface area contributed by atoms with Crippen molar-refractivity contribution in [3.63, 3.8) is 0 Å². The van der Waals surface area contributed by atoms with E-state index in [0.717, 1.165) is 24.3 Å². The first kappa shape index (κ1) is 23.9. The van der Waals surface area contributed by atoms with E-state index in [2.05, 4.69) is 10.8 Å². The summed E-state index contributed by atoms with van der Waals surface area (Å²) in [5.41, 5.74) is 1.38. The van der Waals surface area contributed by atoms with Crippen molar-refractivity contribution in [3.8, 4) is 0 Å². The molecule has 0 aromatic heterocycles. The molecule has 0 atom stereocenters. The molecule has 2 aliphatic rings. The lowest BCUT2D eigenvalue weighted by molar-refractivity contribution is -0.153. The number of piperidine rings is 1. The Kier molecular flexibility index (Phi) is 6.21. The number of alkyl halides is 6. The van der Waals surface area contributed by atoms with Crippen LogP contribution in [0.15, 0.2) is 54.6 Å². The molecule has 4 rings (SSSR count). The Labute approximate surface area is 190 Å². The molecule has 2 aromatic carbocycles. The van der Waals surface area contributed by atoms with Crippen molar-refractivity contribution < 1.29 is 40.8 Å². The highest BCUT2D eigenvalue weighted by Gasteiger charge is 2.40. The fourth-order valence-electron chi connectivity index (χ4n) is 3.69. The second kappa shape index (κ2) is 8.84. The summed E-state index contributed by atoms with van der Waals surface area (Å²) in [5, 5.41) is 3.63. The van der Waals surface area contributed by atoms with E-state index in [9.17, 15) is 31.1 Å². The largest absolute Gasteiger partial charge is 0.430 e. The van der Waals surface area contributed by atoms with Crippen LogP contribution < -0.4 is 10.8 Å². The van der Waals surface area contributed by atoms with Gasteiger partial charge in [0, 0.05) is 18.8 Å². The predicted molar refractivity (Wildman–Crippen MR) is 109 cm³/mol. The van der Waals surface area contributed by atoms with Crippen molar-refractivity contribution in [2.45, 2.75) is 30.8 Å². The summed E-state index contributed by atoms with van der Waals surface area (Å²) >= 11 is 0. The number of amides is 1. The van der Waals surface area contributed by atoms with Crippen molar-refractivity contribution in [1.29, 1.82) is 0 Å². The number of hydrogen-bond acceptors (Lipinski definition) is 5. The third-order valence-electron chi connectivity index (χ3n) is 5.51. The Morgan fingerprint density at radius 1 is 0.971 bits per heavy atom. The van der Waals surface area contributed by atoms with Crippen molar-refractivity contribution in [3.05, 3.63) is 71.3 Å². The Balaban J connectivity index is 1.32. The number of halogens is 6. The molecule has 1 amide bonds. The number of nitrogens with one attached hydrogen (secondary N) is 2. The minimum atomic E-state index is -4.54. The number of hydroxylamine groups is 3. The molecular weight excluding hydrogens is 468 g/mol. The maximum atomic E-state index is 12.8. The summed E-state index contributed by atoms with van der Waals surface area (Å²) in [6, 6.07) is 8.85. The molecule has 2 heterocycles. The highest BCUT2D eigenvalue weighted by molar-refractivity contribution is 5.84. The molecule has 0 saturated carbocycles. The first-order valence-electron chi connectivity index (χ1n) is 10.2. The molecule has 0 aliphatic carbocycles. The zero-order valence-corrected chi connectivity index (χ0v) is 17.5. The molecule has 2 aliphatic heterocycles. The SMILES string of the molecule is O=C(Nc1cccc(C(F)(F)F)c1)ON1CCC2(C=C(c3ccc(C(F)(F)F)cc3)NO2)CC1. The van der Waals surface area contributed by atoms with Gasteiger partial charge in [0.15, 0.2) is 0 Å². The molecule has 2 aromatic rings. The van der Waals surface area contributed by atoms with Crippen molar-refractivity contribution in [2.75, 3.05) is 18.4 Å². The second-order valence-electron chi connectivity index (χ2n) is 7.91. The van der Waals surface area contributed by atoms with Gasteiger partial charge in [0.25, 0.3) is 0 Å². The molecule has 6 nitrogen and oxygen atoms in total. The van der Waals surface area contributed by atoms with Gasteiger partial charge in [-0.2, -0.15) is 26.3 Å². The van der Waals surface area contributed by atoms with Crippen LogP contribution in [0, 0.1) is 0 Å². The normalized spacial score (nSPS) is 18.4. The molecule has 182 valence electrons. The quantitative estimate of drug-likeness (QED) is 0.552. The Morgan fingerprint density at radius 2 is 1.62 bits per heavy atom. The highest BCUT2D eigenvalue weighted by Crippen LogP contribution is 2.36. The average Bonchev–Trinajstić information content (AvgIpc) is 3.18. The van der Waals surface area contributed by atoms with E-state index in [4.69, 9.17) is 9.68 Å². The van der Waals surface area contributed by atoms with Gasteiger partial charge in [-0.15, -0.1) is 5.06 Å². The Hall–Kier alpha value is -3.25. The molecule has 2 N–H and O–H groups in total. The van der Waals surface area contributed by atoms with Crippen LogP contribution in [0.2, 0.25) is 0 Å². The van der Waals surface area contributed by atoms with E-state index in [1.165, 1.54) is 29.3 Å². The number of nitrogens with zero attached hydrogens (tertiary/aromatic N) is 1. The predicted octanol–water partition coefficient (Wildman–Crippen LogP) is 5.60. The van der Waals surface area contributed by atoms with Crippen LogP contribution in [-0.4, -0.2) is 29.8 Å². The zero-order chi connectivity index (χ0) is 24.6. The Bertz CT molecular complexity index is 1070. The van der Waals surface area contributed by atoms with Gasteiger partial charge in [-0.05, 0) is 54.8 Å². The van der Waals surface area contributed by atoms with E-state index >= 15 is 0 Å². The number of anilines is 1. The topological polar surface area (TPSA) is 62.8 Å². The average molecular weight is 487 g/mol. The van der Waals surface area contributed by atoms with Crippen LogP contribution in [0.4, 0.5) is 36.8 Å². The molecule has 0 radical (unpaired) electrons. The van der Waals surface area contributed by atoms with E-state index in [-0.39, 0.29) is 18.8 Å². The summed E-state index contributed by atoms with van der Waals surface area (Å²) in [6.07, 6.45) is -7.29. The smallest absolute Gasteiger partial charge is 0.351 e. The lowest BCUT2D eigenvalue weighted by Crippen LogP contribution is -2.45. The summed E-state index contributed by atoms with van der Waals surface area (Å²) in [4.78, 5) is 23.0. The van der Waals surface area contributed by atoms with E-state index in [1.807, 2.05) is 0 Å². The van der Waals surface area contributed by atoms with Crippen LogP contribution in [0.5, 0.6) is 0 Å². The third-order valence-corrected chi connectivity index (χ3v) is 5.51. The summed E-state index contributed by atoms with van der Waals surface area (Å²) in [5.74, 6) is 0. The molecule has 0 bridgehead atoms. The maximum Gasteiger partial charge on any atom is 0.430 e. The zero-order valence-electron chi connectivity index (χ0n) is 17.5. The van der Waals surface area contributed by atoms with Gasteiger partial charge in [0.1, 0.15) is 5.60 Å². The highest BCUT2D eigenvalue weighted by atomic mass is 19.4. The minimum absolute atomic E-state index is 0.0549. The Morgan fingerprint density at radius 3 is 2.24 bits per heavy atom. The van der Waals surface area contributed by atoms with Crippen LogP contribution in [0.3, 0.4) is 0 Å². The molecule has 1 saturated heterocycles.